The number of amides is 1. The van der Waals surface area contributed by atoms with E-state index in [4.69, 9.17) is 9.47 Å². The van der Waals surface area contributed by atoms with E-state index in [9.17, 15) is 14.4 Å². The van der Waals surface area contributed by atoms with Crippen molar-refractivity contribution in [1.29, 1.82) is 0 Å². The molecule has 0 aliphatic heterocycles. The Labute approximate surface area is 112 Å². The number of carbonyl (C=O) groups is 3. The number of rotatable bonds is 7. The predicted octanol–water partition coefficient (Wildman–Crippen LogP) is 0.643. The maximum Gasteiger partial charge on any atom is 0.328 e. The van der Waals surface area contributed by atoms with Gasteiger partial charge in [0.2, 0.25) is 5.91 Å². The van der Waals surface area contributed by atoms with Crippen LogP contribution in [0.5, 0.6) is 0 Å². The van der Waals surface area contributed by atoms with E-state index in [0.29, 0.717) is 19.4 Å². The normalized spacial score (nSPS) is 22.3. The van der Waals surface area contributed by atoms with Gasteiger partial charge in [-0.25, -0.2) is 4.79 Å². The predicted molar refractivity (Wildman–Crippen MR) is 67.1 cm³/mol. The van der Waals surface area contributed by atoms with Crippen LogP contribution >= 0.6 is 0 Å². The first kappa shape index (κ1) is 15.5. The third-order valence-electron chi connectivity index (χ3n) is 3.00. The van der Waals surface area contributed by atoms with Crippen LogP contribution in [0.2, 0.25) is 0 Å². The number of nitrogens with one attached hydrogen (secondary N) is 1. The van der Waals surface area contributed by atoms with Gasteiger partial charge in [0.15, 0.2) is 0 Å². The van der Waals surface area contributed by atoms with Gasteiger partial charge in [0.25, 0.3) is 0 Å². The van der Waals surface area contributed by atoms with Gasteiger partial charge >= 0.3 is 11.9 Å². The summed E-state index contributed by atoms with van der Waals surface area (Å²) in [4.78, 5) is 34.3. The lowest BCUT2D eigenvalue weighted by Gasteiger charge is -2.16. The van der Waals surface area contributed by atoms with Crippen molar-refractivity contribution in [3.8, 4) is 0 Å². The van der Waals surface area contributed by atoms with Crippen LogP contribution in [0.3, 0.4) is 0 Å². The van der Waals surface area contributed by atoms with Crippen molar-refractivity contribution in [1.82, 2.24) is 5.32 Å². The molecule has 6 nitrogen and oxygen atoms in total. The molecule has 1 saturated carbocycles. The first-order valence-electron chi connectivity index (χ1n) is 6.59. The molecule has 0 aromatic heterocycles. The van der Waals surface area contributed by atoms with Crippen LogP contribution < -0.4 is 5.32 Å². The van der Waals surface area contributed by atoms with Gasteiger partial charge < -0.3 is 14.8 Å². The second kappa shape index (κ2) is 7.11. The lowest BCUT2D eigenvalue weighted by atomic mass is 10.1. The highest BCUT2D eigenvalue weighted by molar-refractivity contribution is 5.83. The molecule has 0 aromatic rings. The molecule has 3 atom stereocenters. The molecular weight excluding hydrogens is 250 g/mol. The van der Waals surface area contributed by atoms with Gasteiger partial charge in [-0.2, -0.15) is 0 Å². The summed E-state index contributed by atoms with van der Waals surface area (Å²) in [5, 5.41) is 2.56. The summed E-state index contributed by atoms with van der Waals surface area (Å²) in [5.74, 6) is -1.03. The monoisotopic (exact) mass is 271 g/mol. The van der Waals surface area contributed by atoms with E-state index in [0.717, 1.165) is 0 Å². The zero-order valence-electron chi connectivity index (χ0n) is 11.6. The fourth-order valence-corrected chi connectivity index (χ4v) is 2.05. The van der Waals surface area contributed by atoms with E-state index in [-0.39, 0.29) is 30.3 Å². The minimum absolute atomic E-state index is 0.0836. The minimum Gasteiger partial charge on any atom is -0.466 e. The van der Waals surface area contributed by atoms with Gasteiger partial charge in [-0.05, 0) is 32.6 Å². The van der Waals surface area contributed by atoms with E-state index in [1.807, 2.05) is 0 Å². The van der Waals surface area contributed by atoms with Gasteiger partial charge in [-0.3, -0.25) is 9.59 Å². The van der Waals surface area contributed by atoms with Crippen LogP contribution in [0, 0.1) is 11.8 Å². The smallest absolute Gasteiger partial charge is 0.328 e. The number of hydrogen-bond acceptors (Lipinski definition) is 5. The van der Waals surface area contributed by atoms with Crippen LogP contribution in [0.25, 0.3) is 0 Å². The van der Waals surface area contributed by atoms with Crippen molar-refractivity contribution in [3.05, 3.63) is 0 Å². The van der Waals surface area contributed by atoms with Crippen LogP contribution in [0.1, 0.15) is 33.6 Å². The van der Waals surface area contributed by atoms with Gasteiger partial charge in [-0.1, -0.05) is 0 Å². The molecule has 1 aliphatic rings. The second-order valence-corrected chi connectivity index (χ2v) is 4.60. The summed E-state index contributed by atoms with van der Waals surface area (Å²) >= 11 is 0. The summed E-state index contributed by atoms with van der Waals surface area (Å²) in [7, 11) is 0. The Morgan fingerprint density at radius 2 is 1.84 bits per heavy atom. The average molecular weight is 271 g/mol. The van der Waals surface area contributed by atoms with Crippen molar-refractivity contribution in [3.63, 3.8) is 0 Å². The molecule has 0 aromatic carbocycles. The topological polar surface area (TPSA) is 81.7 Å². The third-order valence-corrected chi connectivity index (χ3v) is 3.00. The number of hydrogen-bond donors (Lipinski definition) is 1. The van der Waals surface area contributed by atoms with E-state index in [1.165, 1.54) is 6.92 Å². The Bertz CT molecular complexity index is 355. The molecule has 1 N–H and O–H groups in total. The van der Waals surface area contributed by atoms with E-state index < -0.39 is 12.0 Å². The van der Waals surface area contributed by atoms with E-state index >= 15 is 0 Å². The highest BCUT2D eigenvalue weighted by Gasteiger charge is 2.46. The zero-order chi connectivity index (χ0) is 14.4. The average Bonchev–Trinajstić information content (AvgIpc) is 3.07. The molecule has 108 valence electrons. The Kier molecular flexibility index (Phi) is 5.79. The molecule has 19 heavy (non-hydrogen) atoms. The Hall–Kier alpha value is -1.59. The van der Waals surface area contributed by atoms with Crippen molar-refractivity contribution < 1.29 is 23.9 Å². The molecule has 0 bridgehead atoms. The molecule has 0 saturated heterocycles. The lowest BCUT2D eigenvalue weighted by Crippen LogP contribution is -2.41. The Morgan fingerprint density at radius 3 is 2.37 bits per heavy atom. The van der Waals surface area contributed by atoms with Crippen molar-refractivity contribution in [2.24, 2.45) is 11.8 Å². The summed E-state index contributed by atoms with van der Waals surface area (Å²) < 4.78 is 9.83. The molecule has 1 aliphatic carbocycles. The van der Waals surface area contributed by atoms with Gasteiger partial charge in [0.1, 0.15) is 6.04 Å². The standard InChI is InChI=1S/C13H21NO5/c1-4-18-12(16)10-6-9(10)7-11(14-8(3)15)13(17)19-5-2/h9-11H,4-7H2,1-3H3,(H,14,15)/t9-,10-,11+/m1/s1. The van der Waals surface area contributed by atoms with E-state index in [1.54, 1.807) is 13.8 Å². The SMILES string of the molecule is CCOC(=O)[C@H](C[C@H]1C[C@H]1C(=O)OCC)NC(C)=O. The molecule has 1 amide bonds. The molecular formula is C13H21NO5. The van der Waals surface area contributed by atoms with Crippen molar-refractivity contribution in [2.45, 2.75) is 39.7 Å². The molecule has 0 spiro atoms. The van der Waals surface area contributed by atoms with Crippen LogP contribution in [0.4, 0.5) is 0 Å². The van der Waals surface area contributed by atoms with E-state index in [2.05, 4.69) is 5.32 Å². The highest BCUT2D eigenvalue weighted by atomic mass is 16.5. The summed E-state index contributed by atoms with van der Waals surface area (Å²) in [6, 6.07) is -0.679. The lowest BCUT2D eigenvalue weighted by molar-refractivity contribution is -0.148. The Balaban J connectivity index is 2.48. The summed E-state index contributed by atoms with van der Waals surface area (Å²) in [5.41, 5.74) is 0. The van der Waals surface area contributed by atoms with Crippen LogP contribution in [-0.2, 0) is 23.9 Å². The van der Waals surface area contributed by atoms with Crippen LogP contribution in [-0.4, -0.2) is 37.1 Å². The quantitative estimate of drug-likeness (QED) is 0.687. The molecule has 0 radical (unpaired) electrons. The Morgan fingerprint density at radius 1 is 1.21 bits per heavy atom. The van der Waals surface area contributed by atoms with Gasteiger partial charge in [0, 0.05) is 6.92 Å². The van der Waals surface area contributed by atoms with Crippen LogP contribution in [0.15, 0.2) is 0 Å². The molecule has 6 heteroatoms. The maximum absolute atomic E-state index is 11.7. The third kappa shape index (κ3) is 4.89. The first-order valence-corrected chi connectivity index (χ1v) is 6.59. The summed E-state index contributed by atoms with van der Waals surface area (Å²) in [6.45, 7) is 5.44. The number of carbonyl (C=O) groups excluding carboxylic acids is 3. The summed E-state index contributed by atoms with van der Waals surface area (Å²) in [6.07, 6.45) is 1.12. The zero-order valence-corrected chi connectivity index (χ0v) is 11.6. The second-order valence-electron chi connectivity index (χ2n) is 4.60. The maximum atomic E-state index is 11.7. The molecule has 1 rings (SSSR count). The fraction of sp³-hybridized carbons (Fsp3) is 0.769. The largest absolute Gasteiger partial charge is 0.466 e. The minimum atomic E-state index is -0.679. The van der Waals surface area contributed by atoms with Crippen molar-refractivity contribution in [2.75, 3.05) is 13.2 Å². The fourth-order valence-electron chi connectivity index (χ4n) is 2.05. The molecule has 0 unspecified atom stereocenters. The van der Waals surface area contributed by atoms with Gasteiger partial charge in [0.05, 0.1) is 19.1 Å². The first-order chi connectivity index (χ1) is 8.99. The van der Waals surface area contributed by atoms with Gasteiger partial charge in [-0.15, -0.1) is 0 Å². The number of esters is 2. The molecule has 0 heterocycles. The van der Waals surface area contributed by atoms with Crippen molar-refractivity contribution >= 4 is 17.8 Å². The molecule has 1 fully saturated rings. The number of ether oxygens (including phenoxy) is 2. The highest BCUT2D eigenvalue weighted by Crippen LogP contribution is 2.43.